The first-order chi connectivity index (χ1) is 12.9. The maximum absolute atomic E-state index is 5.62. The summed E-state index contributed by atoms with van der Waals surface area (Å²) in [4.78, 5) is 15.6. The number of rotatable bonds is 2. The summed E-state index contributed by atoms with van der Waals surface area (Å²) in [5, 5.41) is 4.91. The van der Waals surface area contributed by atoms with Gasteiger partial charge in [-0.15, -0.1) is 0 Å². The van der Waals surface area contributed by atoms with Crippen molar-refractivity contribution < 1.29 is 0 Å². The fourth-order valence-electron chi connectivity index (χ4n) is 4.45. The lowest BCUT2D eigenvalue weighted by molar-refractivity contribution is 0.164. The van der Waals surface area contributed by atoms with Gasteiger partial charge in [-0.05, 0) is 12.8 Å². The highest BCUT2D eigenvalue weighted by Crippen LogP contribution is 2.44. The molecule has 27 heavy (non-hydrogen) atoms. The molecule has 2 N–H and O–H groups in total. The smallest absolute Gasteiger partial charge is 0.219 e. The van der Waals surface area contributed by atoms with Gasteiger partial charge in [0.2, 0.25) is 5.95 Å². The van der Waals surface area contributed by atoms with Crippen LogP contribution >= 0.6 is 0 Å². The Hall–Kier alpha value is -2.54. The average Bonchev–Trinajstić information content (AvgIpc) is 3.18. The SMILES string of the molecule is CC(C)(C)c1cc2ncc3c(n2n1)CC1CCC3N1Cc1cnc(N)nc1. The molecule has 140 valence electrons. The predicted octanol–water partition coefficient (Wildman–Crippen LogP) is 2.66. The molecule has 2 atom stereocenters. The maximum Gasteiger partial charge on any atom is 0.219 e. The average molecular weight is 363 g/mol. The minimum atomic E-state index is 0.0232. The van der Waals surface area contributed by atoms with Gasteiger partial charge in [-0.2, -0.15) is 5.10 Å². The van der Waals surface area contributed by atoms with Crippen LogP contribution in [0.1, 0.15) is 62.2 Å². The van der Waals surface area contributed by atoms with Gasteiger partial charge in [-0.25, -0.2) is 19.5 Å². The van der Waals surface area contributed by atoms with Gasteiger partial charge >= 0.3 is 0 Å². The van der Waals surface area contributed by atoms with E-state index in [1.165, 1.54) is 17.7 Å². The number of nitrogens with zero attached hydrogens (tertiary/aromatic N) is 6. The molecule has 3 aromatic heterocycles. The van der Waals surface area contributed by atoms with Gasteiger partial charge in [0, 0.05) is 66.2 Å². The zero-order valence-corrected chi connectivity index (χ0v) is 16.1. The van der Waals surface area contributed by atoms with Crippen LogP contribution in [0.25, 0.3) is 5.65 Å². The number of hydrogen-bond acceptors (Lipinski definition) is 6. The molecule has 0 aliphatic carbocycles. The van der Waals surface area contributed by atoms with Crippen LogP contribution < -0.4 is 5.73 Å². The van der Waals surface area contributed by atoms with E-state index in [4.69, 9.17) is 15.8 Å². The minimum absolute atomic E-state index is 0.0232. The maximum atomic E-state index is 5.62. The van der Waals surface area contributed by atoms with Gasteiger partial charge in [0.05, 0.1) is 11.4 Å². The molecule has 0 spiro atoms. The van der Waals surface area contributed by atoms with Crippen LogP contribution in [-0.2, 0) is 18.4 Å². The molecule has 0 radical (unpaired) electrons. The van der Waals surface area contributed by atoms with Crippen molar-refractivity contribution in [3.63, 3.8) is 0 Å². The monoisotopic (exact) mass is 363 g/mol. The fraction of sp³-hybridized carbons (Fsp3) is 0.500. The number of aromatic nitrogens is 5. The van der Waals surface area contributed by atoms with E-state index < -0.39 is 0 Å². The summed E-state index contributed by atoms with van der Waals surface area (Å²) in [6.45, 7) is 7.43. The number of nitrogens with two attached hydrogens (primary N) is 1. The molecule has 0 saturated carbocycles. The summed E-state index contributed by atoms with van der Waals surface area (Å²) < 4.78 is 2.09. The highest BCUT2D eigenvalue weighted by atomic mass is 15.3. The van der Waals surface area contributed by atoms with E-state index in [1.54, 1.807) is 0 Å². The summed E-state index contributed by atoms with van der Waals surface area (Å²) in [5.41, 5.74) is 11.4. The van der Waals surface area contributed by atoms with Crippen LogP contribution in [0.3, 0.4) is 0 Å². The molecule has 7 heteroatoms. The predicted molar refractivity (Wildman–Crippen MR) is 103 cm³/mol. The third kappa shape index (κ3) is 2.68. The van der Waals surface area contributed by atoms with Crippen LogP contribution in [0.4, 0.5) is 5.95 Å². The second-order valence-electron chi connectivity index (χ2n) is 8.78. The highest BCUT2D eigenvalue weighted by Gasteiger charge is 2.41. The molecule has 5 rings (SSSR count). The van der Waals surface area contributed by atoms with Gasteiger partial charge in [-0.1, -0.05) is 20.8 Å². The second-order valence-corrected chi connectivity index (χ2v) is 8.78. The lowest BCUT2D eigenvalue weighted by Crippen LogP contribution is -2.38. The highest BCUT2D eigenvalue weighted by molar-refractivity contribution is 5.45. The lowest BCUT2D eigenvalue weighted by Gasteiger charge is -2.36. The standard InChI is InChI=1S/C20H25N7/c1-20(2,3)17-7-18-22-10-14-15-5-4-13(6-16(14)27(18)25-17)26(15)11-12-8-23-19(21)24-9-12/h7-10,13,15H,4-6,11H2,1-3H3,(H2,21,23,24). The van der Waals surface area contributed by atoms with Gasteiger partial charge < -0.3 is 5.73 Å². The Morgan fingerprint density at radius 3 is 2.63 bits per heavy atom. The Labute approximate surface area is 158 Å². The molecule has 5 heterocycles. The van der Waals surface area contributed by atoms with E-state index in [9.17, 15) is 0 Å². The molecule has 2 bridgehead atoms. The molecule has 3 aromatic rings. The normalized spacial score (nSPS) is 22.3. The van der Waals surface area contributed by atoms with E-state index >= 15 is 0 Å². The first-order valence-electron chi connectivity index (χ1n) is 9.60. The van der Waals surface area contributed by atoms with Gasteiger partial charge in [0.15, 0.2) is 5.65 Å². The van der Waals surface area contributed by atoms with Crippen LogP contribution in [0.15, 0.2) is 24.7 Å². The van der Waals surface area contributed by atoms with Crippen molar-refractivity contribution in [2.45, 2.75) is 64.1 Å². The number of hydrogen-bond donors (Lipinski definition) is 1. The van der Waals surface area contributed by atoms with Crippen molar-refractivity contribution >= 4 is 11.6 Å². The zero-order valence-electron chi connectivity index (χ0n) is 16.1. The van der Waals surface area contributed by atoms with Crippen molar-refractivity contribution in [3.05, 3.63) is 47.2 Å². The second kappa shape index (κ2) is 5.73. The summed E-state index contributed by atoms with van der Waals surface area (Å²) in [6.07, 6.45) is 9.10. The third-order valence-corrected chi connectivity index (χ3v) is 5.90. The molecular formula is C20H25N7. The van der Waals surface area contributed by atoms with Crippen molar-refractivity contribution in [2.24, 2.45) is 0 Å². The Bertz CT molecular complexity index is 1000. The topological polar surface area (TPSA) is 85.2 Å². The Kier molecular flexibility index (Phi) is 3.53. The van der Waals surface area contributed by atoms with Gasteiger partial charge in [-0.3, -0.25) is 4.90 Å². The van der Waals surface area contributed by atoms with Crippen molar-refractivity contribution in [3.8, 4) is 0 Å². The summed E-state index contributed by atoms with van der Waals surface area (Å²) in [6, 6.07) is 3.03. The Balaban J connectivity index is 1.52. The molecule has 0 amide bonds. The van der Waals surface area contributed by atoms with Crippen LogP contribution in [0.2, 0.25) is 0 Å². The van der Waals surface area contributed by atoms with E-state index in [1.807, 2.05) is 12.4 Å². The summed E-state index contributed by atoms with van der Waals surface area (Å²) in [7, 11) is 0. The number of fused-ring (bicyclic) bond motifs is 6. The van der Waals surface area contributed by atoms with E-state index in [2.05, 4.69) is 52.4 Å². The first kappa shape index (κ1) is 16.6. The molecule has 2 aliphatic rings. The van der Waals surface area contributed by atoms with Crippen molar-refractivity contribution in [1.29, 1.82) is 0 Å². The fourth-order valence-corrected chi connectivity index (χ4v) is 4.45. The summed E-state index contributed by atoms with van der Waals surface area (Å²) >= 11 is 0. The van der Waals surface area contributed by atoms with Crippen molar-refractivity contribution in [2.75, 3.05) is 5.73 Å². The van der Waals surface area contributed by atoms with Gasteiger partial charge in [0.25, 0.3) is 0 Å². The molecular weight excluding hydrogens is 338 g/mol. The zero-order chi connectivity index (χ0) is 18.8. The Morgan fingerprint density at radius 2 is 1.89 bits per heavy atom. The van der Waals surface area contributed by atoms with E-state index in [-0.39, 0.29) is 5.41 Å². The molecule has 7 nitrogen and oxygen atoms in total. The molecule has 0 aromatic carbocycles. The third-order valence-electron chi connectivity index (χ3n) is 5.90. The van der Waals surface area contributed by atoms with Crippen LogP contribution in [0, 0.1) is 0 Å². The molecule has 1 fully saturated rings. The number of anilines is 1. The van der Waals surface area contributed by atoms with E-state index in [0.29, 0.717) is 18.0 Å². The minimum Gasteiger partial charge on any atom is -0.368 e. The lowest BCUT2D eigenvalue weighted by atomic mass is 9.93. The first-order valence-corrected chi connectivity index (χ1v) is 9.60. The molecule has 2 aliphatic heterocycles. The molecule has 2 unspecified atom stereocenters. The van der Waals surface area contributed by atoms with Crippen LogP contribution in [-0.4, -0.2) is 35.5 Å². The number of nitrogen functional groups attached to an aromatic ring is 1. The van der Waals surface area contributed by atoms with Crippen LogP contribution in [0.5, 0.6) is 0 Å². The quantitative estimate of drug-likeness (QED) is 0.753. The Morgan fingerprint density at radius 1 is 1.11 bits per heavy atom. The van der Waals surface area contributed by atoms with Gasteiger partial charge in [0.1, 0.15) is 0 Å². The van der Waals surface area contributed by atoms with E-state index in [0.717, 1.165) is 36.3 Å². The molecule has 1 saturated heterocycles. The van der Waals surface area contributed by atoms with Crippen molar-refractivity contribution in [1.82, 2.24) is 29.5 Å². The summed E-state index contributed by atoms with van der Waals surface area (Å²) in [5.74, 6) is 0.325. The largest absolute Gasteiger partial charge is 0.368 e.